The number of carbonyl (C=O) groups is 1. The molecule has 1 aliphatic rings. The van der Waals surface area contributed by atoms with Gasteiger partial charge in [0.25, 0.3) is 5.91 Å². The number of aromatic nitrogens is 1. The molecule has 1 atom stereocenters. The molecule has 1 aromatic heterocycles. The van der Waals surface area contributed by atoms with Gasteiger partial charge >= 0.3 is 0 Å². The first-order chi connectivity index (χ1) is 8.18. The van der Waals surface area contributed by atoms with Crippen LogP contribution in [0.3, 0.4) is 0 Å². The minimum Gasteiger partial charge on any atom is -0.397 e. The topological polar surface area (TPSA) is 59.2 Å². The van der Waals surface area contributed by atoms with E-state index in [0.29, 0.717) is 17.2 Å². The average molecular weight is 233 g/mol. The van der Waals surface area contributed by atoms with E-state index >= 15 is 0 Å². The standard InChI is InChI=1S/C13H19N3O/c1-10-3-2-7-16(8-5-10)13(17)11-4-6-15-9-12(11)14/h4,6,9-10H,2-3,5,7-8,14H2,1H3. The van der Waals surface area contributed by atoms with Gasteiger partial charge in [0, 0.05) is 19.3 Å². The zero-order valence-corrected chi connectivity index (χ0v) is 10.2. The summed E-state index contributed by atoms with van der Waals surface area (Å²) in [6.45, 7) is 3.92. The highest BCUT2D eigenvalue weighted by Gasteiger charge is 2.20. The molecule has 1 aliphatic heterocycles. The van der Waals surface area contributed by atoms with Crippen molar-refractivity contribution >= 4 is 11.6 Å². The Bertz CT molecular complexity index is 405. The van der Waals surface area contributed by atoms with Crippen LogP contribution in [-0.4, -0.2) is 28.9 Å². The summed E-state index contributed by atoms with van der Waals surface area (Å²) in [7, 11) is 0. The van der Waals surface area contributed by atoms with Crippen LogP contribution in [0.25, 0.3) is 0 Å². The lowest BCUT2D eigenvalue weighted by atomic mass is 10.0. The van der Waals surface area contributed by atoms with Gasteiger partial charge in [0.05, 0.1) is 17.4 Å². The molecule has 1 unspecified atom stereocenters. The number of hydrogen-bond acceptors (Lipinski definition) is 3. The van der Waals surface area contributed by atoms with Crippen LogP contribution in [0, 0.1) is 5.92 Å². The molecule has 4 nitrogen and oxygen atoms in total. The second-order valence-corrected chi connectivity index (χ2v) is 4.79. The molecule has 2 rings (SSSR count). The molecule has 1 fully saturated rings. The number of rotatable bonds is 1. The summed E-state index contributed by atoms with van der Waals surface area (Å²) in [5.41, 5.74) is 6.83. The largest absolute Gasteiger partial charge is 0.397 e. The fourth-order valence-corrected chi connectivity index (χ4v) is 2.24. The zero-order chi connectivity index (χ0) is 12.3. The van der Waals surface area contributed by atoms with Crippen LogP contribution in [0.15, 0.2) is 18.5 Å². The molecule has 0 aromatic carbocycles. The molecule has 2 heterocycles. The van der Waals surface area contributed by atoms with Crippen molar-refractivity contribution in [2.24, 2.45) is 5.92 Å². The van der Waals surface area contributed by atoms with Gasteiger partial charge in [0.2, 0.25) is 0 Å². The fourth-order valence-electron chi connectivity index (χ4n) is 2.24. The Morgan fingerprint density at radius 3 is 3.06 bits per heavy atom. The molecular formula is C13H19N3O. The third-order valence-corrected chi connectivity index (χ3v) is 3.39. The van der Waals surface area contributed by atoms with Crippen molar-refractivity contribution in [2.75, 3.05) is 18.8 Å². The second kappa shape index (κ2) is 5.17. The first-order valence-corrected chi connectivity index (χ1v) is 6.17. The summed E-state index contributed by atoms with van der Waals surface area (Å²) in [4.78, 5) is 18.1. The van der Waals surface area contributed by atoms with Gasteiger partial charge in [-0.15, -0.1) is 0 Å². The van der Waals surface area contributed by atoms with Crippen molar-refractivity contribution in [3.8, 4) is 0 Å². The quantitative estimate of drug-likeness (QED) is 0.806. The van der Waals surface area contributed by atoms with Crippen molar-refractivity contribution < 1.29 is 4.79 Å². The van der Waals surface area contributed by atoms with Crippen molar-refractivity contribution in [2.45, 2.75) is 26.2 Å². The Morgan fingerprint density at radius 1 is 1.47 bits per heavy atom. The van der Waals surface area contributed by atoms with E-state index < -0.39 is 0 Å². The van der Waals surface area contributed by atoms with Gasteiger partial charge in [-0.3, -0.25) is 9.78 Å². The molecule has 0 radical (unpaired) electrons. The molecular weight excluding hydrogens is 214 g/mol. The second-order valence-electron chi connectivity index (χ2n) is 4.79. The Kier molecular flexibility index (Phi) is 3.61. The van der Waals surface area contributed by atoms with Crippen LogP contribution in [-0.2, 0) is 0 Å². The van der Waals surface area contributed by atoms with Crippen molar-refractivity contribution in [3.63, 3.8) is 0 Å². The Labute approximate surface area is 102 Å². The highest BCUT2D eigenvalue weighted by atomic mass is 16.2. The first-order valence-electron chi connectivity index (χ1n) is 6.17. The van der Waals surface area contributed by atoms with Gasteiger partial charge < -0.3 is 10.6 Å². The van der Waals surface area contributed by atoms with E-state index in [1.165, 1.54) is 12.6 Å². The maximum Gasteiger partial charge on any atom is 0.256 e. The van der Waals surface area contributed by atoms with Gasteiger partial charge in [-0.1, -0.05) is 6.92 Å². The summed E-state index contributed by atoms with van der Waals surface area (Å²) in [5.74, 6) is 0.751. The number of carbonyl (C=O) groups excluding carboxylic acids is 1. The number of pyridine rings is 1. The van der Waals surface area contributed by atoms with Crippen LogP contribution in [0.5, 0.6) is 0 Å². The Balaban J connectivity index is 2.12. The van der Waals surface area contributed by atoms with E-state index in [1.807, 2.05) is 4.90 Å². The Hall–Kier alpha value is -1.58. The molecule has 2 N–H and O–H groups in total. The smallest absolute Gasteiger partial charge is 0.256 e. The van der Waals surface area contributed by atoms with Gasteiger partial charge in [0.1, 0.15) is 0 Å². The van der Waals surface area contributed by atoms with E-state index in [4.69, 9.17) is 5.73 Å². The van der Waals surface area contributed by atoms with Gasteiger partial charge in [-0.25, -0.2) is 0 Å². The van der Waals surface area contributed by atoms with Crippen LogP contribution >= 0.6 is 0 Å². The minimum atomic E-state index is 0.0407. The molecule has 17 heavy (non-hydrogen) atoms. The summed E-state index contributed by atoms with van der Waals surface area (Å²) in [6.07, 6.45) is 6.52. The van der Waals surface area contributed by atoms with Crippen molar-refractivity contribution in [1.29, 1.82) is 0 Å². The maximum atomic E-state index is 12.3. The fraction of sp³-hybridized carbons (Fsp3) is 0.538. The number of nitrogens with zero attached hydrogens (tertiary/aromatic N) is 2. The summed E-state index contributed by atoms with van der Waals surface area (Å²) < 4.78 is 0. The molecule has 1 amide bonds. The maximum absolute atomic E-state index is 12.3. The predicted octanol–water partition coefficient (Wildman–Crippen LogP) is 1.93. The molecule has 1 saturated heterocycles. The zero-order valence-electron chi connectivity index (χ0n) is 10.2. The van der Waals surface area contributed by atoms with Gasteiger partial charge in [-0.2, -0.15) is 0 Å². The lowest BCUT2D eigenvalue weighted by molar-refractivity contribution is 0.0761. The Morgan fingerprint density at radius 2 is 2.29 bits per heavy atom. The van der Waals surface area contributed by atoms with E-state index in [2.05, 4.69) is 11.9 Å². The summed E-state index contributed by atoms with van der Waals surface area (Å²) in [5, 5.41) is 0. The van der Waals surface area contributed by atoms with E-state index in [0.717, 1.165) is 25.9 Å². The summed E-state index contributed by atoms with van der Waals surface area (Å²) in [6, 6.07) is 1.70. The molecule has 92 valence electrons. The number of hydrogen-bond donors (Lipinski definition) is 1. The molecule has 4 heteroatoms. The number of nitrogen functional groups attached to an aromatic ring is 1. The molecule has 0 aliphatic carbocycles. The number of nitrogens with two attached hydrogens (primary N) is 1. The monoisotopic (exact) mass is 233 g/mol. The number of likely N-dealkylation sites (tertiary alicyclic amines) is 1. The molecule has 0 bridgehead atoms. The van der Waals surface area contributed by atoms with Crippen LogP contribution in [0.2, 0.25) is 0 Å². The van der Waals surface area contributed by atoms with Gasteiger partial charge in [-0.05, 0) is 31.2 Å². The van der Waals surface area contributed by atoms with E-state index in [1.54, 1.807) is 12.3 Å². The third-order valence-electron chi connectivity index (χ3n) is 3.39. The SMILES string of the molecule is CC1CCCN(C(=O)c2ccncc2N)CC1. The lowest BCUT2D eigenvalue weighted by Gasteiger charge is -2.21. The minimum absolute atomic E-state index is 0.0407. The molecule has 1 aromatic rings. The van der Waals surface area contributed by atoms with Gasteiger partial charge in [0.15, 0.2) is 0 Å². The predicted molar refractivity (Wildman–Crippen MR) is 67.6 cm³/mol. The highest BCUT2D eigenvalue weighted by Crippen LogP contribution is 2.19. The highest BCUT2D eigenvalue weighted by molar-refractivity contribution is 5.98. The normalized spacial score (nSPS) is 21.0. The summed E-state index contributed by atoms with van der Waals surface area (Å²) >= 11 is 0. The number of amides is 1. The number of anilines is 1. The third kappa shape index (κ3) is 2.75. The molecule has 0 spiro atoms. The van der Waals surface area contributed by atoms with Crippen molar-refractivity contribution in [3.05, 3.63) is 24.0 Å². The van der Waals surface area contributed by atoms with Crippen LogP contribution in [0.1, 0.15) is 36.5 Å². The van der Waals surface area contributed by atoms with Crippen molar-refractivity contribution in [1.82, 2.24) is 9.88 Å². The molecule has 0 saturated carbocycles. The average Bonchev–Trinajstić information content (AvgIpc) is 2.54. The van der Waals surface area contributed by atoms with E-state index in [-0.39, 0.29) is 5.91 Å². The van der Waals surface area contributed by atoms with Crippen LogP contribution < -0.4 is 5.73 Å². The first kappa shape index (κ1) is 11.9. The van der Waals surface area contributed by atoms with E-state index in [9.17, 15) is 4.79 Å². The lowest BCUT2D eigenvalue weighted by Crippen LogP contribution is -2.32. The van der Waals surface area contributed by atoms with Crippen LogP contribution in [0.4, 0.5) is 5.69 Å².